The van der Waals surface area contributed by atoms with E-state index in [0.717, 1.165) is 27.5 Å². The smallest absolute Gasteiger partial charge is 0.124 e. The molecule has 2 N–H and O–H groups in total. The van der Waals surface area contributed by atoms with Crippen LogP contribution in [-0.2, 0) is 0 Å². The summed E-state index contributed by atoms with van der Waals surface area (Å²) in [5.74, 6) is 0.397. The van der Waals surface area contributed by atoms with Crippen LogP contribution < -0.4 is 0 Å². The second-order valence-electron chi connectivity index (χ2n) is 6.13. The van der Waals surface area contributed by atoms with Crippen LogP contribution in [0.4, 0.5) is 0 Å². The van der Waals surface area contributed by atoms with Crippen molar-refractivity contribution in [3.63, 3.8) is 0 Å². The zero-order valence-corrected chi connectivity index (χ0v) is 18.6. The number of hydrogen-bond acceptors (Lipinski definition) is 2. The van der Waals surface area contributed by atoms with Gasteiger partial charge in [0.15, 0.2) is 0 Å². The molecule has 0 amide bonds. The van der Waals surface area contributed by atoms with Gasteiger partial charge in [-0.25, -0.2) is 0 Å². The molecule has 0 aromatic heterocycles. The van der Waals surface area contributed by atoms with E-state index in [2.05, 4.69) is 6.58 Å². The Morgan fingerprint density at radius 2 is 1.62 bits per heavy atom. The minimum absolute atomic E-state index is 0.166. The fraction of sp³-hybridized carbons (Fsp3) is 0.259. The lowest BCUT2D eigenvalue weighted by Gasteiger charge is -2.18. The first-order valence-electron chi connectivity index (χ1n) is 10.4. The van der Waals surface area contributed by atoms with Gasteiger partial charge in [-0.2, -0.15) is 0 Å². The maximum absolute atomic E-state index is 10.8. The van der Waals surface area contributed by atoms with Crippen LogP contribution in [0, 0.1) is 6.92 Å². The number of rotatable bonds is 3. The number of fused-ring (bicyclic) bond motifs is 1. The molecule has 0 atom stereocenters. The highest BCUT2D eigenvalue weighted by Gasteiger charge is 2.22. The predicted octanol–water partition coefficient (Wildman–Crippen LogP) is 8.19. The second kappa shape index (κ2) is 11.8. The molecule has 1 aliphatic carbocycles. The van der Waals surface area contributed by atoms with Crippen molar-refractivity contribution in [1.29, 1.82) is 0 Å². The first-order chi connectivity index (χ1) is 14.1. The molecular weight excluding hydrogens is 356 g/mol. The lowest BCUT2D eigenvalue weighted by atomic mass is 9.87. The summed E-state index contributed by atoms with van der Waals surface area (Å²) in [6.07, 6.45) is 10.00. The van der Waals surface area contributed by atoms with Crippen molar-refractivity contribution in [3.05, 3.63) is 95.3 Å². The van der Waals surface area contributed by atoms with E-state index >= 15 is 0 Å². The number of aryl methyl sites for hydroxylation is 1. The number of phenols is 1. The Kier molecular flexibility index (Phi) is 9.74. The lowest BCUT2D eigenvalue weighted by Crippen LogP contribution is -1.98. The van der Waals surface area contributed by atoms with Gasteiger partial charge in [-0.15, -0.1) is 0 Å². The summed E-state index contributed by atoms with van der Waals surface area (Å²) in [4.78, 5) is 0. The number of aromatic hydroxyl groups is 1. The zero-order valence-electron chi connectivity index (χ0n) is 18.6. The van der Waals surface area contributed by atoms with Crippen molar-refractivity contribution in [2.45, 2.75) is 48.0 Å². The van der Waals surface area contributed by atoms with Crippen molar-refractivity contribution in [3.8, 4) is 5.75 Å². The van der Waals surface area contributed by atoms with E-state index in [1.54, 1.807) is 12.1 Å². The van der Waals surface area contributed by atoms with Gasteiger partial charge in [0.1, 0.15) is 11.5 Å². The normalized spacial score (nSPS) is 13.6. The monoisotopic (exact) mass is 390 g/mol. The molecule has 3 rings (SSSR count). The quantitative estimate of drug-likeness (QED) is 0.554. The molecule has 1 aliphatic rings. The molecule has 0 saturated heterocycles. The van der Waals surface area contributed by atoms with E-state index in [0.29, 0.717) is 17.6 Å². The van der Waals surface area contributed by atoms with Gasteiger partial charge in [0, 0.05) is 17.6 Å². The molecule has 154 valence electrons. The maximum Gasteiger partial charge on any atom is 0.124 e. The van der Waals surface area contributed by atoms with Crippen LogP contribution in [0.15, 0.2) is 84.2 Å². The van der Waals surface area contributed by atoms with Crippen LogP contribution in [0.2, 0.25) is 0 Å². The second-order valence-corrected chi connectivity index (χ2v) is 6.13. The molecule has 2 aromatic carbocycles. The minimum Gasteiger partial charge on any atom is -0.511 e. The summed E-state index contributed by atoms with van der Waals surface area (Å²) in [7, 11) is 0. The standard InChI is InChI=1S/C23H22O2.2C2H6/c1-4-9-16-10-8-13-20(24)22(17(16)5-2)23-19-12-7-6-11-18(19)15(3)14-21(23)25;2*1-2/h4-12,14,24-25H,2,13H2,1,3H3;2*1-2H3/b9-4-;;. The molecular formula is C27H34O2. The molecule has 0 heterocycles. The molecule has 0 bridgehead atoms. The average molecular weight is 391 g/mol. The van der Waals surface area contributed by atoms with Crippen molar-refractivity contribution in [2.75, 3.05) is 0 Å². The Morgan fingerprint density at radius 3 is 2.21 bits per heavy atom. The topological polar surface area (TPSA) is 40.5 Å². The highest BCUT2D eigenvalue weighted by atomic mass is 16.3. The highest BCUT2D eigenvalue weighted by Crippen LogP contribution is 2.42. The molecule has 0 spiro atoms. The van der Waals surface area contributed by atoms with Crippen molar-refractivity contribution in [2.24, 2.45) is 0 Å². The Balaban J connectivity index is 0.000000989. The van der Waals surface area contributed by atoms with Crippen LogP contribution in [-0.4, -0.2) is 10.2 Å². The van der Waals surface area contributed by atoms with Gasteiger partial charge in [0.2, 0.25) is 0 Å². The first kappa shape index (κ1) is 24.0. The molecule has 2 aromatic rings. The van der Waals surface area contributed by atoms with Crippen LogP contribution in [0.3, 0.4) is 0 Å². The first-order valence-corrected chi connectivity index (χ1v) is 10.4. The van der Waals surface area contributed by atoms with Crippen molar-refractivity contribution < 1.29 is 10.2 Å². The molecule has 0 fully saturated rings. The SMILES string of the molecule is C=CC1=C(/C=C\C)C=CCC(O)=C1c1c(O)cc(C)c2ccccc12.CC.CC. The Morgan fingerprint density at radius 1 is 1.00 bits per heavy atom. The average Bonchev–Trinajstić information content (AvgIpc) is 2.90. The lowest BCUT2D eigenvalue weighted by molar-refractivity contribution is 0.404. The van der Waals surface area contributed by atoms with Gasteiger partial charge in [-0.1, -0.05) is 88.9 Å². The van der Waals surface area contributed by atoms with Crippen LogP contribution in [0.5, 0.6) is 5.75 Å². The van der Waals surface area contributed by atoms with Crippen molar-refractivity contribution >= 4 is 16.3 Å². The van der Waals surface area contributed by atoms with E-state index in [-0.39, 0.29) is 11.5 Å². The molecule has 0 aliphatic heterocycles. The maximum atomic E-state index is 10.8. The number of phenolic OH excluding ortho intramolecular Hbond substituents is 1. The fourth-order valence-corrected chi connectivity index (χ4v) is 3.41. The third-order valence-electron chi connectivity index (χ3n) is 4.51. The van der Waals surface area contributed by atoms with Gasteiger partial charge >= 0.3 is 0 Å². The van der Waals surface area contributed by atoms with Crippen LogP contribution >= 0.6 is 0 Å². The van der Waals surface area contributed by atoms with Gasteiger partial charge in [-0.05, 0) is 47.4 Å². The summed E-state index contributed by atoms with van der Waals surface area (Å²) < 4.78 is 0. The summed E-state index contributed by atoms with van der Waals surface area (Å²) in [5, 5.41) is 23.5. The predicted molar refractivity (Wildman–Crippen MR) is 128 cm³/mol. The molecule has 2 nitrogen and oxygen atoms in total. The molecule has 0 unspecified atom stereocenters. The van der Waals surface area contributed by atoms with Gasteiger partial charge < -0.3 is 10.2 Å². The Hall–Kier alpha value is -3.00. The molecule has 0 saturated carbocycles. The van der Waals surface area contributed by atoms with Gasteiger partial charge in [0.05, 0.1) is 0 Å². The highest BCUT2D eigenvalue weighted by molar-refractivity contribution is 6.03. The number of hydrogen-bond donors (Lipinski definition) is 2. The van der Waals surface area contributed by atoms with Crippen LogP contribution in [0.25, 0.3) is 16.3 Å². The number of allylic oxidation sites excluding steroid dienone is 8. The van der Waals surface area contributed by atoms with Gasteiger partial charge in [0.25, 0.3) is 0 Å². The summed E-state index contributed by atoms with van der Waals surface area (Å²) in [6.45, 7) is 15.9. The van der Waals surface area contributed by atoms with E-state index in [1.165, 1.54) is 0 Å². The van der Waals surface area contributed by atoms with Crippen LogP contribution in [0.1, 0.15) is 52.2 Å². The molecule has 29 heavy (non-hydrogen) atoms. The van der Waals surface area contributed by atoms with E-state index < -0.39 is 0 Å². The number of aliphatic hydroxyl groups excluding tert-OH is 1. The van der Waals surface area contributed by atoms with E-state index in [4.69, 9.17) is 0 Å². The molecule has 2 heteroatoms. The summed E-state index contributed by atoms with van der Waals surface area (Å²) in [5.41, 5.74) is 4.07. The third-order valence-corrected chi connectivity index (χ3v) is 4.51. The largest absolute Gasteiger partial charge is 0.511 e. The minimum atomic E-state index is 0.166. The number of benzene rings is 2. The summed E-state index contributed by atoms with van der Waals surface area (Å²) in [6, 6.07) is 9.69. The fourth-order valence-electron chi connectivity index (χ4n) is 3.41. The Bertz CT molecular complexity index is 969. The third kappa shape index (κ3) is 5.08. The summed E-state index contributed by atoms with van der Waals surface area (Å²) >= 11 is 0. The zero-order chi connectivity index (χ0) is 22.0. The van der Waals surface area contributed by atoms with Gasteiger partial charge in [-0.3, -0.25) is 0 Å². The molecule has 0 radical (unpaired) electrons. The number of aliphatic hydroxyl groups is 1. The Labute approximate surface area is 175 Å². The van der Waals surface area contributed by atoms with Crippen molar-refractivity contribution in [1.82, 2.24) is 0 Å². The van der Waals surface area contributed by atoms with E-state index in [1.807, 2.05) is 90.1 Å². The van der Waals surface area contributed by atoms with E-state index in [9.17, 15) is 10.2 Å².